The van der Waals surface area contributed by atoms with Crippen LogP contribution in [0.5, 0.6) is 0 Å². The predicted molar refractivity (Wildman–Crippen MR) is 70.4 cm³/mol. The summed E-state index contributed by atoms with van der Waals surface area (Å²) in [6.45, 7) is 0.481. The van der Waals surface area contributed by atoms with Gasteiger partial charge in [0.25, 0.3) is 0 Å². The van der Waals surface area contributed by atoms with Crippen LogP contribution in [0.15, 0.2) is 27.8 Å². The Kier molecular flexibility index (Phi) is 4.72. The molecule has 0 heterocycles. The number of oxime groups is 1. The number of hydrogen-bond acceptors (Lipinski definition) is 3. The fraction of sp³-hybridized carbons (Fsp3) is 0.462. The second kappa shape index (κ2) is 6.29. The molecule has 0 aromatic heterocycles. The zero-order chi connectivity index (χ0) is 13.0. The van der Waals surface area contributed by atoms with Crippen molar-refractivity contribution in [3.63, 3.8) is 0 Å². The van der Waals surface area contributed by atoms with Gasteiger partial charge in [0, 0.05) is 0 Å². The summed E-state index contributed by atoms with van der Waals surface area (Å²) in [7, 11) is 0. The lowest BCUT2D eigenvalue weighted by atomic mass is 9.96. The van der Waals surface area contributed by atoms with Crippen LogP contribution >= 0.6 is 15.9 Å². The molecule has 98 valence electrons. The summed E-state index contributed by atoms with van der Waals surface area (Å²) >= 11 is 3.16. The Balaban J connectivity index is 1.83. The lowest BCUT2D eigenvalue weighted by Crippen LogP contribution is -2.21. The molecule has 1 fully saturated rings. The molecular weight excluding hydrogens is 301 g/mol. The fourth-order valence-electron chi connectivity index (χ4n) is 2.03. The van der Waals surface area contributed by atoms with E-state index < -0.39 is 0 Å². The third kappa shape index (κ3) is 3.53. The van der Waals surface area contributed by atoms with Gasteiger partial charge in [-0.1, -0.05) is 11.2 Å². The average Bonchev–Trinajstić information content (AvgIpc) is 2.41. The number of rotatable bonds is 3. The van der Waals surface area contributed by atoms with Gasteiger partial charge in [-0.3, -0.25) is 0 Å². The Labute approximate surface area is 114 Å². The maximum atomic E-state index is 13.1. The number of hydrogen-bond donors (Lipinski definition) is 1. The third-order valence-electron chi connectivity index (χ3n) is 3.12. The van der Waals surface area contributed by atoms with E-state index in [-0.39, 0.29) is 11.9 Å². The average molecular weight is 316 g/mol. The second-order valence-electron chi connectivity index (χ2n) is 4.43. The summed E-state index contributed by atoms with van der Waals surface area (Å²) in [6.07, 6.45) is 3.52. The number of halogens is 2. The van der Waals surface area contributed by atoms with Crippen molar-refractivity contribution in [1.29, 1.82) is 0 Å². The summed E-state index contributed by atoms with van der Waals surface area (Å²) in [5.41, 5.74) is 1.80. The minimum absolute atomic E-state index is 0.194. The molecule has 1 N–H and O–H groups in total. The van der Waals surface area contributed by atoms with Gasteiger partial charge in [-0.2, -0.15) is 0 Å². The maximum absolute atomic E-state index is 13.1. The van der Waals surface area contributed by atoms with Crippen molar-refractivity contribution in [2.45, 2.75) is 38.4 Å². The van der Waals surface area contributed by atoms with E-state index in [1.54, 1.807) is 12.1 Å². The Bertz CT molecular complexity index is 441. The first-order chi connectivity index (χ1) is 8.69. The topological polar surface area (TPSA) is 41.8 Å². The van der Waals surface area contributed by atoms with Crippen LogP contribution in [0.3, 0.4) is 0 Å². The van der Waals surface area contributed by atoms with Crippen LogP contribution in [0.4, 0.5) is 4.39 Å². The highest BCUT2D eigenvalue weighted by Crippen LogP contribution is 2.22. The van der Waals surface area contributed by atoms with E-state index >= 15 is 0 Å². The quantitative estimate of drug-likeness (QED) is 0.679. The third-order valence-corrected chi connectivity index (χ3v) is 3.73. The molecule has 0 amide bonds. The Morgan fingerprint density at radius 2 is 2.11 bits per heavy atom. The molecule has 3 nitrogen and oxygen atoms in total. The van der Waals surface area contributed by atoms with Crippen LogP contribution in [-0.2, 0) is 11.3 Å². The molecule has 1 aromatic carbocycles. The van der Waals surface area contributed by atoms with Crippen molar-refractivity contribution in [3.8, 4) is 0 Å². The van der Waals surface area contributed by atoms with Gasteiger partial charge in [0.2, 0.25) is 0 Å². The molecule has 1 aliphatic rings. The van der Waals surface area contributed by atoms with Crippen LogP contribution in [0.25, 0.3) is 0 Å². The SMILES string of the molecule is ON=C1CCC(OCc2ccc(F)c(Br)c2)CC1. The lowest BCUT2D eigenvalue weighted by Gasteiger charge is -2.22. The van der Waals surface area contributed by atoms with Gasteiger partial charge in [0.05, 0.1) is 22.9 Å². The fourth-order valence-corrected chi connectivity index (χ4v) is 2.46. The molecule has 0 unspecified atom stereocenters. The smallest absolute Gasteiger partial charge is 0.137 e. The highest BCUT2D eigenvalue weighted by molar-refractivity contribution is 9.10. The molecule has 1 aliphatic carbocycles. The first kappa shape index (κ1) is 13.5. The largest absolute Gasteiger partial charge is 0.411 e. The highest BCUT2D eigenvalue weighted by atomic mass is 79.9. The summed E-state index contributed by atoms with van der Waals surface area (Å²) in [5, 5.41) is 11.9. The molecule has 0 atom stereocenters. The van der Waals surface area contributed by atoms with Gasteiger partial charge in [-0.15, -0.1) is 0 Å². The van der Waals surface area contributed by atoms with Crippen molar-refractivity contribution in [1.82, 2.24) is 0 Å². The molecule has 0 bridgehead atoms. The lowest BCUT2D eigenvalue weighted by molar-refractivity contribution is 0.0277. The normalized spacial score (nSPS) is 19.9. The van der Waals surface area contributed by atoms with Crippen molar-refractivity contribution in [2.24, 2.45) is 5.16 Å². The number of nitrogens with zero attached hydrogens (tertiary/aromatic N) is 1. The maximum Gasteiger partial charge on any atom is 0.137 e. The van der Waals surface area contributed by atoms with Gasteiger partial charge in [0.1, 0.15) is 5.82 Å². The van der Waals surface area contributed by atoms with E-state index in [1.165, 1.54) is 6.07 Å². The van der Waals surface area contributed by atoms with E-state index in [1.807, 2.05) is 0 Å². The Morgan fingerprint density at radius 3 is 2.72 bits per heavy atom. The van der Waals surface area contributed by atoms with Gasteiger partial charge in [-0.05, 0) is 59.3 Å². The summed E-state index contributed by atoms with van der Waals surface area (Å²) in [6, 6.07) is 4.89. The van der Waals surface area contributed by atoms with Crippen molar-refractivity contribution in [2.75, 3.05) is 0 Å². The van der Waals surface area contributed by atoms with Crippen LogP contribution in [0.1, 0.15) is 31.2 Å². The van der Waals surface area contributed by atoms with Crippen LogP contribution in [0, 0.1) is 5.82 Å². The minimum atomic E-state index is -0.264. The van der Waals surface area contributed by atoms with Gasteiger partial charge >= 0.3 is 0 Å². The molecule has 5 heteroatoms. The van der Waals surface area contributed by atoms with Crippen LogP contribution < -0.4 is 0 Å². The highest BCUT2D eigenvalue weighted by Gasteiger charge is 2.18. The number of ether oxygens (including phenoxy) is 1. The zero-order valence-corrected chi connectivity index (χ0v) is 11.5. The summed E-state index contributed by atoms with van der Waals surface area (Å²) in [4.78, 5) is 0. The molecule has 1 saturated carbocycles. The number of benzene rings is 1. The van der Waals surface area contributed by atoms with E-state index in [9.17, 15) is 4.39 Å². The molecular formula is C13H15BrFNO2. The zero-order valence-electron chi connectivity index (χ0n) is 9.90. The minimum Gasteiger partial charge on any atom is -0.411 e. The first-order valence-electron chi connectivity index (χ1n) is 5.94. The van der Waals surface area contributed by atoms with E-state index in [0.717, 1.165) is 37.0 Å². The van der Waals surface area contributed by atoms with Crippen LogP contribution in [0.2, 0.25) is 0 Å². The van der Waals surface area contributed by atoms with Crippen molar-refractivity contribution < 1.29 is 14.3 Å². The molecule has 0 saturated heterocycles. The standard InChI is InChI=1S/C13H15BrFNO2/c14-12-7-9(1-6-13(12)15)8-18-11-4-2-10(16-17)3-5-11/h1,6-7,11,17H,2-5,8H2. The van der Waals surface area contributed by atoms with Gasteiger partial charge in [-0.25, -0.2) is 4.39 Å². The molecule has 0 aliphatic heterocycles. The summed E-state index contributed by atoms with van der Waals surface area (Å²) in [5.74, 6) is -0.264. The van der Waals surface area contributed by atoms with Gasteiger partial charge in [0.15, 0.2) is 0 Å². The molecule has 1 aromatic rings. The predicted octanol–water partition coefficient (Wildman–Crippen LogP) is 3.88. The molecule has 0 spiro atoms. The van der Waals surface area contributed by atoms with Crippen molar-refractivity contribution >= 4 is 21.6 Å². The second-order valence-corrected chi connectivity index (χ2v) is 5.28. The molecule has 0 radical (unpaired) electrons. The Morgan fingerprint density at radius 1 is 1.39 bits per heavy atom. The molecule has 2 rings (SSSR count). The molecule has 18 heavy (non-hydrogen) atoms. The monoisotopic (exact) mass is 315 g/mol. The van der Waals surface area contributed by atoms with Crippen LogP contribution in [-0.4, -0.2) is 17.0 Å². The van der Waals surface area contributed by atoms with E-state index in [2.05, 4.69) is 21.1 Å². The van der Waals surface area contributed by atoms with E-state index in [4.69, 9.17) is 9.94 Å². The first-order valence-corrected chi connectivity index (χ1v) is 6.73. The Hall–Kier alpha value is -0.940. The van der Waals surface area contributed by atoms with E-state index in [0.29, 0.717) is 11.1 Å². The van der Waals surface area contributed by atoms with Crippen molar-refractivity contribution in [3.05, 3.63) is 34.1 Å². The summed E-state index contributed by atoms with van der Waals surface area (Å²) < 4.78 is 19.3. The van der Waals surface area contributed by atoms with Gasteiger partial charge < -0.3 is 9.94 Å².